The Morgan fingerprint density at radius 2 is 1.47 bits per heavy atom. The molecule has 6 rings (SSSR count). The van der Waals surface area contributed by atoms with Crippen molar-refractivity contribution in [2.24, 2.45) is 0 Å². The number of halogens is 4. The van der Waals surface area contributed by atoms with E-state index in [0.717, 1.165) is 64.6 Å². The fraction of sp³-hybridized carbons (Fsp3) is 0.294. The predicted octanol–water partition coefficient (Wildman–Crippen LogP) is 7.66. The van der Waals surface area contributed by atoms with Gasteiger partial charge in [-0.2, -0.15) is 18.2 Å². The van der Waals surface area contributed by atoms with Gasteiger partial charge >= 0.3 is 6.18 Å². The molecule has 1 aliphatic rings. The highest BCUT2D eigenvalue weighted by Gasteiger charge is 2.30. The Labute approximate surface area is 262 Å². The molecule has 0 N–H and O–H groups in total. The molecule has 2 heterocycles. The average molecular weight is 634 g/mol. The van der Waals surface area contributed by atoms with Gasteiger partial charge in [0, 0.05) is 22.9 Å². The van der Waals surface area contributed by atoms with Crippen LogP contribution in [0.4, 0.5) is 17.6 Å². The highest BCUT2D eigenvalue weighted by molar-refractivity contribution is 7.98. The zero-order chi connectivity index (χ0) is 31.7. The maximum atomic E-state index is 13.4. The standard InChI is InChI=1S/C34H31F4N5OS/c1-21(2)31-41-40-30(43(31)18-22-6-10-24(11-7-22)25-12-14-26(15-13-25)34(36,37)38)19-42-29-5-3-4-28(29)32(44)39-33(42)45-20-23-8-16-27(35)17-9-23/h6-17,21H,3-5,18-20H2,1-2H3. The van der Waals surface area contributed by atoms with Gasteiger partial charge in [0.15, 0.2) is 11.0 Å². The molecule has 0 fully saturated rings. The number of rotatable bonds is 9. The normalized spacial score (nSPS) is 13.0. The SMILES string of the molecule is CC(C)c1nnc(Cn2c(SCc3ccc(F)cc3)nc(=O)c3c2CCC3)n1Cc1ccc(-c2ccc(C(F)(F)F)cc2)cc1. The maximum absolute atomic E-state index is 13.4. The summed E-state index contributed by atoms with van der Waals surface area (Å²) in [4.78, 5) is 17.4. The molecule has 0 amide bonds. The first kappa shape index (κ1) is 30.8. The van der Waals surface area contributed by atoms with Gasteiger partial charge in [0.1, 0.15) is 11.6 Å². The van der Waals surface area contributed by atoms with Crippen molar-refractivity contribution in [3.63, 3.8) is 0 Å². The summed E-state index contributed by atoms with van der Waals surface area (Å²) in [6.45, 7) is 4.99. The molecule has 45 heavy (non-hydrogen) atoms. The monoisotopic (exact) mass is 633 g/mol. The molecule has 6 nitrogen and oxygen atoms in total. The number of thioether (sulfide) groups is 1. The molecule has 0 radical (unpaired) electrons. The van der Waals surface area contributed by atoms with E-state index in [0.29, 0.717) is 36.0 Å². The van der Waals surface area contributed by atoms with Crippen LogP contribution in [0.5, 0.6) is 0 Å². The minimum absolute atomic E-state index is 0.0999. The van der Waals surface area contributed by atoms with E-state index in [2.05, 4.69) is 38.2 Å². The molecule has 5 aromatic rings. The van der Waals surface area contributed by atoms with Gasteiger partial charge in [0.2, 0.25) is 0 Å². The Hall–Kier alpha value is -4.25. The first-order chi connectivity index (χ1) is 21.6. The van der Waals surface area contributed by atoms with E-state index in [1.165, 1.54) is 36.0 Å². The molecule has 11 heteroatoms. The summed E-state index contributed by atoms with van der Waals surface area (Å²) in [6.07, 6.45) is -2.03. The second kappa shape index (κ2) is 12.6. The summed E-state index contributed by atoms with van der Waals surface area (Å²) in [5.74, 6) is 1.88. The minimum Gasteiger partial charge on any atom is -0.316 e. The van der Waals surface area contributed by atoms with Crippen LogP contribution in [0.1, 0.15) is 65.8 Å². The van der Waals surface area contributed by atoms with Crippen molar-refractivity contribution >= 4 is 11.8 Å². The van der Waals surface area contributed by atoms with Gasteiger partial charge < -0.3 is 9.13 Å². The number of benzene rings is 3. The van der Waals surface area contributed by atoms with Gasteiger partial charge in [-0.25, -0.2) is 4.39 Å². The van der Waals surface area contributed by atoms with Crippen LogP contribution in [0.15, 0.2) is 82.7 Å². The number of aromatic nitrogens is 5. The van der Waals surface area contributed by atoms with Gasteiger partial charge in [-0.3, -0.25) is 4.79 Å². The fourth-order valence-corrected chi connectivity index (χ4v) is 6.60. The predicted molar refractivity (Wildman–Crippen MR) is 166 cm³/mol. The number of fused-ring (bicyclic) bond motifs is 1. The van der Waals surface area contributed by atoms with Crippen LogP contribution in [0.2, 0.25) is 0 Å². The van der Waals surface area contributed by atoms with Gasteiger partial charge in [-0.05, 0) is 65.8 Å². The van der Waals surface area contributed by atoms with E-state index >= 15 is 0 Å². The molecule has 0 spiro atoms. The van der Waals surface area contributed by atoms with Gasteiger partial charge in [-0.15, -0.1) is 10.2 Å². The third-order valence-corrected chi connectivity index (χ3v) is 9.04. The third kappa shape index (κ3) is 6.73. The Balaban J connectivity index is 1.29. The third-order valence-electron chi connectivity index (χ3n) is 7.99. The molecule has 232 valence electrons. The number of alkyl halides is 3. The topological polar surface area (TPSA) is 65.6 Å². The number of hydrogen-bond donors (Lipinski definition) is 0. The summed E-state index contributed by atoms with van der Waals surface area (Å²) in [5, 5.41) is 9.70. The minimum atomic E-state index is -4.37. The molecule has 0 bridgehead atoms. The van der Waals surface area contributed by atoms with E-state index in [9.17, 15) is 22.4 Å². The molecule has 0 saturated heterocycles. The molecule has 0 unspecified atom stereocenters. The fourth-order valence-electron chi connectivity index (χ4n) is 5.63. The lowest BCUT2D eigenvalue weighted by molar-refractivity contribution is -0.137. The van der Waals surface area contributed by atoms with Crippen molar-refractivity contribution < 1.29 is 17.6 Å². The van der Waals surface area contributed by atoms with Crippen molar-refractivity contribution in [2.75, 3.05) is 0 Å². The van der Waals surface area contributed by atoms with E-state index in [-0.39, 0.29) is 17.3 Å². The molecule has 0 aliphatic heterocycles. The highest BCUT2D eigenvalue weighted by atomic mass is 32.2. The Morgan fingerprint density at radius 3 is 2.11 bits per heavy atom. The Kier molecular flexibility index (Phi) is 8.63. The molecular formula is C34H31F4N5OS. The van der Waals surface area contributed by atoms with Crippen LogP contribution < -0.4 is 5.56 Å². The van der Waals surface area contributed by atoms with Gasteiger partial charge in [0.05, 0.1) is 18.7 Å². The largest absolute Gasteiger partial charge is 0.416 e. The first-order valence-electron chi connectivity index (χ1n) is 14.7. The van der Waals surface area contributed by atoms with Crippen molar-refractivity contribution in [1.29, 1.82) is 0 Å². The van der Waals surface area contributed by atoms with Crippen LogP contribution in [0, 0.1) is 5.82 Å². The quantitative estimate of drug-likeness (QED) is 0.0948. The Bertz CT molecular complexity index is 1860. The summed E-state index contributed by atoms with van der Waals surface area (Å²) < 4.78 is 56.6. The molecule has 0 atom stereocenters. The van der Waals surface area contributed by atoms with Crippen molar-refractivity contribution in [3.05, 3.63) is 129 Å². The van der Waals surface area contributed by atoms with Crippen LogP contribution in [-0.4, -0.2) is 24.3 Å². The lowest BCUT2D eigenvalue weighted by atomic mass is 10.0. The summed E-state index contributed by atoms with van der Waals surface area (Å²) in [5.41, 5.74) is 4.28. The van der Waals surface area contributed by atoms with E-state index in [1.807, 2.05) is 24.3 Å². The zero-order valence-electron chi connectivity index (χ0n) is 24.8. The average Bonchev–Trinajstić information content (AvgIpc) is 3.67. The van der Waals surface area contributed by atoms with E-state index < -0.39 is 11.7 Å². The highest BCUT2D eigenvalue weighted by Crippen LogP contribution is 2.32. The number of nitrogens with zero attached hydrogens (tertiary/aromatic N) is 5. The first-order valence-corrected chi connectivity index (χ1v) is 15.7. The van der Waals surface area contributed by atoms with Gasteiger partial charge in [-0.1, -0.05) is 74.1 Å². The van der Waals surface area contributed by atoms with Crippen LogP contribution in [-0.2, 0) is 37.9 Å². The smallest absolute Gasteiger partial charge is 0.316 e. The van der Waals surface area contributed by atoms with Crippen molar-refractivity contribution in [1.82, 2.24) is 24.3 Å². The number of hydrogen-bond acceptors (Lipinski definition) is 5. The lowest BCUT2D eigenvalue weighted by Crippen LogP contribution is -2.23. The summed E-state index contributed by atoms with van der Waals surface area (Å²) >= 11 is 1.44. The molecule has 2 aromatic heterocycles. The van der Waals surface area contributed by atoms with Crippen molar-refractivity contribution in [2.45, 2.75) is 69.2 Å². The second-order valence-electron chi connectivity index (χ2n) is 11.5. The summed E-state index contributed by atoms with van der Waals surface area (Å²) in [6, 6.07) is 19.2. The van der Waals surface area contributed by atoms with Gasteiger partial charge in [0.25, 0.3) is 5.56 Å². The lowest BCUT2D eigenvalue weighted by Gasteiger charge is -2.18. The van der Waals surface area contributed by atoms with Crippen LogP contribution >= 0.6 is 11.8 Å². The van der Waals surface area contributed by atoms with Crippen LogP contribution in [0.3, 0.4) is 0 Å². The van der Waals surface area contributed by atoms with Crippen LogP contribution in [0.25, 0.3) is 11.1 Å². The Morgan fingerprint density at radius 1 is 0.822 bits per heavy atom. The molecule has 0 saturated carbocycles. The zero-order valence-corrected chi connectivity index (χ0v) is 25.6. The maximum Gasteiger partial charge on any atom is 0.416 e. The van der Waals surface area contributed by atoms with E-state index in [4.69, 9.17) is 0 Å². The van der Waals surface area contributed by atoms with Crippen molar-refractivity contribution in [3.8, 4) is 11.1 Å². The molecule has 1 aliphatic carbocycles. The van der Waals surface area contributed by atoms with E-state index in [1.54, 1.807) is 12.1 Å². The molecule has 3 aromatic carbocycles. The summed E-state index contributed by atoms with van der Waals surface area (Å²) in [7, 11) is 0. The second-order valence-corrected chi connectivity index (χ2v) is 12.4. The molecular weight excluding hydrogens is 602 g/mol.